The molecule has 2 heteroatoms. The molecule has 0 amide bonds. The molecule has 0 atom stereocenters. The molecule has 0 aromatic heterocycles. The minimum absolute atomic E-state index is 1.14. The standard InChI is InChI=1S/C7H16N2/c1-2-4-6-8-9-7-5-3-1/h8-9H,1-7H2. The molecular weight excluding hydrogens is 112 g/mol. The van der Waals surface area contributed by atoms with Crippen LogP contribution in [0.15, 0.2) is 0 Å². The van der Waals surface area contributed by atoms with Crippen LogP contribution in [0, 0.1) is 0 Å². The lowest BCUT2D eigenvalue weighted by atomic mass is 10.1. The van der Waals surface area contributed by atoms with Crippen molar-refractivity contribution in [1.82, 2.24) is 10.9 Å². The highest BCUT2D eigenvalue weighted by Crippen LogP contribution is 2.02. The van der Waals surface area contributed by atoms with Gasteiger partial charge >= 0.3 is 0 Å². The molecule has 0 aromatic carbocycles. The molecule has 2 nitrogen and oxygen atoms in total. The van der Waals surface area contributed by atoms with Crippen LogP contribution in [-0.4, -0.2) is 13.1 Å². The van der Waals surface area contributed by atoms with E-state index in [2.05, 4.69) is 10.9 Å². The van der Waals surface area contributed by atoms with Crippen LogP contribution in [0.25, 0.3) is 0 Å². The molecule has 1 rings (SSSR count). The normalized spacial score (nSPS) is 24.0. The van der Waals surface area contributed by atoms with Crippen molar-refractivity contribution in [3.63, 3.8) is 0 Å². The van der Waals surface area contributed by atoms with Crippen molar-refractivity contribution >= 4 is 0 Å². The van der Waals surface area contributed by atoms with E-state index in [1.165, 1.54) is 32.1 Å². The van der Waals surface area contributed by atoms with Crippen molar-refractivity contribution < 1.29 is 0 Å². The Kier molecular flexibility index (Phi) is 3.72. The molecule has 0 aromatic rings. The zero-order valence-corrected chi connectivity index (χ0v) is 5.95. The fraction of sp³-hybridized carbons (Fsp3) is 1.00. The van der Waals surface area contributed by atoms with Crippen LogP contribution >= 0.6 is 0 Å². The Bertz CT molecular complexity index is 35.4. The van der Waals surface area contributed by atoms with Crippen LogP contribution in [0.3, 0.4) is 0 Å². The first-order chi connectivity index (χ1) is 4.50. The average Bonchev–Trinajstić information content (AvgIpc) is 2.00. The quantitative estimate of drug-likeness (QED) is 0.509. The first kappa shape index (κ1) is 7.03. The highest BCUT2D eigenvalue weighted by atomic mass is 15.3. The van der Waals surface area contributed by atoms with Crippen LogP contribution in [-0.2, 0) is 0 Å². The summed E-state index contributed by atoms with van der Waals surface area (Å²) < 4.78 is 0. The Morgan fingerprint density at radius 3 is 1.56 bits per heavy atom. The lowest BCUT2D eigenvalue weighted by Crippen LogP contribution is -2.32. The SMILES string of the molecule is C1CCCNNCCC1. The summed E-state index contributed by atoms with van der Waals surface area (Å²) in [6.07, 6.45) is 6.87. The molecule has 1 heterocycles. The summed E-state index contributed by atoms with van der Waals surface area (Å²) in [6, 6.07) is 0. The van der Waals surface area contributed by atoms with Crippen LogP contribution in [0.2, 0.25) is 0 Å². The van der Waals surface area contributed by atoms with E-state index in [0.29, 0.717) is 0 Å². The second kappa shape index (κ2) is 4.77. The maximum atomic E-state index is 3.18. The maximum absolute atomic E-state index is 3.18. The van der Waals surface area contributed by atoms with Crippen molar-refractivity contribution in [3.8, 4) is 0 Å². The van der Waals surface area contributed by atoms with E-state index in [9.17, 15) is 0 Å². The van der Waals surface area contributed by atoms with E-state index in [1.54, 1.807) is 0 Å². The van der Waals surface area contributed by atoms with Gasteiger partial charge in [0.1, 0.15) is 0 Å². The summed E-state index contributed by atoms with van der Waals surface area (Å²) in [7, 11) is 0. The summed E-state index contributed by atoms with van der Waals surface area (Å²) in [5.41, 5.74) is 6.35. The summed E-state index contributed by atoms with van der Waals surface area (Å²) >= 11 is 0. The molecule has 0 radical (unpaired) electrons. The van der Waals surface area contributed by atoms with Gasteiger partial charge in [-0.1, -0.05) is 19.3 Å². The Balaban J connectivity index is 2.02. The Labute approximate surface area is 57.0 Å². The third-order valence-electron chi connectivity index (χ3n) is 1.73. The maximum Gasteiger partial charge on any atom is 0.00997 e. The number of rotatable bonds is 0. The molecular formula is C7H16N2. The molecule has 1 aliphatic heterocycles. The van der Waals surface area contributed by atoms with Crippen LogP contribution in [0.5, 0.6) is 0 Å². The van der Waals surface area contributed by atoms with Gasteiger partial charge in [-0.05, 0) is 12.8 Å². The predicted octanol–water partition coefficient (Wildman–Crippen LogP) is 1.04. The molecule has 1 fully saturated rings. The van der Waals surface area contributed by atoms with Gasteiger partial charge in [0.05, 0.1) is 0 Å². The number of hydrogen-bond donors (Lipinski definition) is 2. The number of hydrogen-bond acceptors (Lipinski definition) is 2. The number of nitrogens with one attached hydrogen (secondary N) is 2. The van der Waals surface area contributed by atoms with E-state index in [-0.39, 0.29) is 0 Å². The molecule has 2 N–H and O–H groups in total. The molecule has 54 valence electrons. The molecule has 1 aliphatic rings. The van der Waals surface area contributed by atoms with Crippen LogP contribution < -0.4 is 10.9 Å². The summed E-state index contributed by atoms with van der Waals surface area (Å²) in [5.74, 6) is 0. The molecule has 9 heavy (non-hydrogen) atoms. The first-order valence-electron chi connectivity index (χ1n) is 3.96. The molecule has 0 bridgehead atoms. The van der Waals surface area contributed by atoms with Crippen molar-refractivity contribution in [2.24, 2.45) is 0 Å². The smallest absolute Gasteiger partial charge is 0.00997 e. The number of hydrazine groups is 1. The highest BCUT2D eigenvalue weighted by molar-refractivity contribution is 4.51. The Morgan fingerprint density at radius 2 is 1.00 bits per heavy atom. The minimum Gasteiger partial charge on any atom is -0.258 e. The largest absolute Gasteiger partial charge is 0.258 e. The summed E-state index contributed by atoms with van der Waals surface area (Å²) in [5, 5.41) is 0. The van der Waals surface area contributed by atoms with Gasteiger partial charge in [-0.15, -0.1) is 0 Å². The van der Waals surface area contributed by atoms with Gasteiger partial charge in [-0.25, -0.2) is 0 Å². The van der Waals surface area contributed by atoms with Gasteiger partial charge < -0.3 is 0 Å². The Hall–Kier alpha value is -0.0800. The van der Waals surface area contributed by atoms with E-state index in [1.807, 2.05) is 0 Å². The highest BCUT2D eigenvalue weighted by Gasteiger charge is 1.93. The van der Waals surface area contributed by atoms with Crippen molar-refractivity contribution in [1.29, 1.82) is 0 Å². The van der Waals surface area contributed by atoms with Gasteiger partial charge in [-0.3, -0.25) is 10.9 Å². The van der Waals surface area contributed by atoms with Crippen molar-refractivity contribution in [2.45, 2.75) is 32.1 Å². The molecule has 0 unspecified atom stereocenters. The van der Waals surface area contributed by atoms with E-state index < -0.39 is 0 Å². The average molecular weight is 128 g/mol. The monoisotopic (exact) mass is 128 g/mol. The molecule has 1 saturated heterocycles. The van der Waals surface area contributed by atoms with Crippen LogP contribution in [0.4, 0.5) is 0 Å². The Morgan fingerprint density at radius 1 is 0.556 bits per heavy atom. The third-order valence-corrected chi connectivity index (χ3v) is 1.73. The van der Waals surface area contributed by atoms with E-state index in [4.69, 9.17) is 0 Å². The van der Waals surface area contributed by atoms with Gasteiger partial charge in [0.2, 0.25) is 0 Å². The third kappa shape index (κ3) is 3.49. The summed E-state index contributed by atoms with van der Waals surface area (Å²) in [4.78, 5) is 0. The zero-order valence-electron chi connectivity index (χ0n) is 5.95. The van der Waals surface area contributed by atoms with Crippen molar-refractivity contribution in [2.75, 3.05) is 13.1 Å². The minimum atomic E-state index is 1.14. The molecule has 0 saturated carbocycles. The van der Waals surface area contributed by atoms with Crippen molar-refractivity contribution in [3.05, 3.63) is 0 Å². The van der Waals surface area contributed by atoms with Gasteiger partial charge in [0.15, 0.2) is 0 Å². The fourth-order valence-electron chi connectivity index (χ4n) is 1.13. The van der Waals surface area contributed by atoms with Crippen LogP contribution in [0.1, 0.15) is 32.1 Å². The van der Waals surface area contributed by atoms with Gasteiger partial charge in [0, 0.05) is 13.1 Å². The first-order valence-corrected chi connectivity index (χ1v) is 3.96. The second-order valence-electron chi connectivity index (χ2n) is 2.62. The lowest BCUT2D eigenvalue weighted by Gasteiger charge is -2.01. The van der Waals surface area contributed by atoms with E-state index in [0.717, 1.165) is 13.1 Å². The summed E-state index contributed by atoms with van der Waals surface area (Å²) in [6.45, 7) is 2.28. The molecule has 0 spiro atoms. The zero-order chi connectivity index (χ0) is 6.36. The second-order valence-corrected chi connectivity index (χ2v) is 2.62. The molecule has 0 aliphatic carbocycles. The van der Waals surface area contributed by atoms with E-state index >= 15 is 0 Å². The van der Waals surface area contributed by atoms with Gasteiger partial charge in [0.25, 0.3) is 0 Å². The van der Waals surface area contributed by atoms with Gasteiger partial charge in [-0.2, -0.15) is 0 Å². The fourth-order valence-corrected chi connectivity index (χ4v) is 1.13. The topological polar surface area (TPSA) is 24.1 Å². The lowest BCUT2D eigenvalue weighted by molar-refractivity contribution is 0.527. The predicted molar refractivity (Wildman–Crippen MR) is 39.1 cm³/mol.